The Bertz CT molecular complexity index is 842. The van der Waals surface area contributed by atoms with E-state index in [1.807, 2.05) is 13.8 Å². The highest BCUT2D eigenvalue weighted by atomic mass is 16.2. The number of unbranched alkanes of at least 4 members (excludes halogenated alkanes) is 1. The normalized spacial score (nSPS) is 20.1. The smallest absolute Gasteiger partial charge is 0.330 e. The molecule has 2 aliphatic heterocycles. The van der Waals surface area contributed by atoms with Crippen molar-refractivity contribution in [2.75, 3.05) is 49.9 Å². The second kappa shape index (κ2) is 10.3. The van der Waals surface area contributed by atoms with Crippen molar-refractivity contribution >= 4 is 17.4 Å². The molecule has 0 aromatic carbocycles. The van der Waals surface area contributed by atoms with E-state index in [2.05, 4.69) is 14.8 Å². The monoisotopic (exact) mass is 420 g/mol. The maximum absolute atomic E-state index is 13.2. The molecular weight excluding hydrogens is 384 g/mol. The van der Waals surface area contributed by atoms with E-state index in [1.165, 1.54) is 22.3 Å². The van der Waals surface area contributed by atoms with E-state index in [-0.39, 0.29) is 24.0 Å². The zero-order valence-corrected chi connectivity index (χ0v) is 18.4. The molecule has 30 heavy (non-hydrogen) atoms. The number of aromatic amines is 1. The molecule has 0 spiro atoms. The summed E-state index contributed by atoms with van der Waals surface area (Å²) in [4.78, 5) is 46.4. The van der Waals surface area contributed by atoms with E-state index >= 15 is 0 Å². The van der Waals surface area contributed by atoms with Crippen LogP contribution in [0.15, 0.2) is 9.59 Å². The average Bonchev–Trinajstić information content (AvgIpc) is 3.37. The highest BCUT2D eigenvalue weighted by molar-refractivity contribution is 5.96. The van der Waals surface area contributed by atoms with Gasteiger partial charge in [0.15, 0.2) is 5.69 Å². The van der Waals surface area contributed by atoms with Gasteiger partial charge in [-0.15, -0.1) is 0 Å². The number of likely N-dealkylation sites (N-methyl/N-ethyl adjacent to an activating group) is 1. The van der Waals surface area contributed by atoms with Crippen LogP contribution in [0.1, 0.15) is 52.4 Å². The number of aromatic nitrogens is 2. The Morgan fingerprint density at radius 3 is 2.57 bits per heavy atom. The molecule has 9 nitrogen and oxygen atoms in total. The third-order valence-electron chi connectivity index (χ3n) is 6.34. The second-order valence-corrected chi connectivity index (χ2v) is 8.41. The first-order chi connectivity index (χ1) is 14.5. The van der Waals surface area contributed by atoms with E-state index in [4.69, 9.17) is 5.73 Å². The van der Waals surface area contributed by atoms with Gasteiger partial charge in [0.05, 0.1) is 6.54 Å². The van der Waals surface area contributed by atoms with Crippen molar-refractivity contribution in [3.8, 4) is 0 Å². The number of hydrogen-bond donors (Lipinski definition) is 2. The summed E-state index contributed by atoms with van der Waals surface area (Å²) >= 11 is 0. The van der Waals surface area contributed by atoms with Crippen LogP contribution in [0, 0.1) is 0 Å². The molecule has 168 valence electrons. The highest BCUT2D eigenvalue weighted by Gasteiger charge is 2.31. The lowest BCUT2D eigenvalue weighted by Crippen LogP contribution is -2.47. The molecule has 1 unspecified atom stereocenters. The van der Waals surface area contributed by atoms with Crippen LogP contribution < -0.4 is 21.9 Å². The molecule has 0 bridgehead atoms. The Morgan fingerprint density at radius 1 is 1.17 bits per heavy atom. The maximum atomic E-state index is 13.2. The number of nitrogen functional groups attached to an aromatic ring is 1. The van der Waals surface area contributed by atoms with Gasteiger partial charge in [0.2, 0.25) is 5.91 Å². The lowest BCUT2D eigenvalue weighted by Gasteiger charge is -2.30. The Morgan fingerprint density at radius 2 is 1.90 bits per heavy atom. The number of H-pyrrole nitrogens is 1. The van der Waals surface area contributed by atoms with E-state index in [1.54, 1.807) is 0 Å². The summed E-state index contributed by atoms with van der Waals surface area (Å²) in [5.41, 5.74) is 5.18. The highest BCUT2D eigenvalue weighted by Crippen LogP contribution is 2.22. The number of hydrogen-bond acceptors (Lipinski definition) is 6. The molecule has 2 saturated heterocycles. The van der Waals surface area contributed by atoms with Crippen LogP contribution in [0.4, 0.5) is 11.5 Å². The first-order valence-electron chi connectivity index (χ1n) is 11.4. The minimum absolute atomic E-state index is 0.0717. The Balaban J connectivity index is 1.77. The van der Waals surface area contributed by atoms with Gasteiger partial charge in [0, 0.05) is 25.7 Å². The van der Waals surface area contributed by atoms with Crippen LogP contribution in [-0.4, -0.2) is 70.6 Å². The Hall–Kier alpha value is -2.13. The first kappa shape index (κ1) is 22.6. The van der Waals surface area contributed by atoms with E-state index in [9.17, 15) is 14.4 Å². The van der Waals surface area contributed by atoms with Crippen molar-refractivity contribution in [3.05, 3.63) is 20.8 Å². The van der Waals surface area contributed by atoms with Gasteiger partial charge in [-0.2, -0.15) is 0 Å². The fraction of sp³-hybridized carbons (Fsp3) is 0.762. The number of carbonyl (C=O) groups is 1. The average molecular weight is 421 g/mol. The van der Waals surface area contributed by atoms with Gasteiger partial charge in [0.25, 0.3) is 5.56 Å². The number of amides is 1. The summed E-state index contributed by atoms with van der Waals surface area (Å²) in [5.74, 6) is -0.0776. The SMILES string of the molecule is CCCCn1c(N)c(N(CC)C(=O)CN2CCCC2CN2CCCC2)c(=O)[nH]c1=O. The lowest BCUT2D eigenvalue weighted by molar-refractivity contribution is -0.120. The van der Waals surface area contributed by atoms with Crippen molar-refractivity contribution in [3.63, 3.8) is 0 Å². The first-order valence-corrected chi connectivity index (χ1v) is 11.4. The topological polar surface area (TPSA) is 108 Å². The molecule has 2 aliphatic rings. The van der Waals surface area contributed by atoms with Crippen LogP contribution in [-0.2, 0) is 11.3 Å². The van der Waals surface area contributed by atoms with Crippen molar-refractivity contribution in [2.24, 2.45) is 0 Å². The number of nitrogens with one attached hydrogen (secondary N) is 1. The number of carbonyl (C=O) groups excluding carboxylic acids is 1. The van der Waals surface area contributed by atoms with Gasteiger partial charge in [-0.05, 0) is 58.7 Å². The zero-order valence-electron chi connectivity index (χ0n) is 18.4. The van der Waals surface area contributed by atoms with Crippen LogP contribution in [0.2, 0.25) is 0 Å². The predicted octanol–water partition coefficient (Wildman–Crippen LogP) is 0.832. The molecule has 3 heterocycles. The second-order valence-electron chi connectivity index (χ2n) is 8.41. The summed E-state index contributed by atoms with van der Waals surface area (Å²) in [6.45, 7) is 9.03. The lowest BCUT2D eigenvalue weighted by atomic mass is 10.2. The van der Waals surface area contributed by atoms with Crippen molar-refractivity contribution < 1.29 is 4.79 Å². The largest absolute Gasteiger partial charge is 0.383 e. The van der Waals surface area contributed by atoms with Gasteiger partial charge in [-0.25, -0.2) is 4.79 Å². The molecular formula is C21H36N6O3. The van der Waals surface area contributed by atoms with Crippen LogP contribution in [0.25, 0.3) is 0 Å². The minimum Gasteiger partial charge on any atom is -0.383 e. The molecule has 0 saturated carbocycles. The summed E-state index contributed by atoms with van der Waals surface area (Å²) in [6, 6.07) is 0.375. The molecule has 1 atom stereocenters. The number of nitrogens with two attached hydrogens (primary N) is 1. The molecule has 2 fully saturated rings. The molecule has 1 aromatic rings. The van der Waals surface area contributed by atoms with E-state index in [0.717, 1.165) is 51.9 Å². The number of anilines is 2. The quantitative estimate of drug-likeness (QED) is 0.613. The third kappa shape index (κ3) is 4.95. The van der Waals surface area contributed by atoms with Crippen molar-refractivity contribution in [1.82, 2.24) is 19.4 Å². The van der Waals surface area contributed by atoms with Crippen LogP contribution in [0.3, 0.4) is 0 Å². The summed E-state index contributed by atoms with van der Waals surface area (Å²) in [6.07, 6.45) is 6.35. The Labute approximate surface area is 177 Å². The molecule has 1 amide bonds. The fourth-order valence-electron chi connectivity index (χ4n) is 4.67. The number of nitrogens with zero attached hydrogens (tertiary/aromatic N) is 4. The number of likely N-dealkylation sites (tertiary alicyclic amines) is 2. The minimum atomic E-state index is -0.601. The summed E-state index contributed by atoms with van der Waals surface area (Å²) in [5, 5.41) is 0. The van der Waals surface area contributed by atoms with Crippen molar-refractivity contribution in [1.29, 1.82) is 0 Å². The van der Waals surface area contributed by atoms with Gasteiger partial charge in [0.1, 0.15) is 5.82 Å². The van der Waals surface area contributed by atoms with Gasteiger partial charge in [-0.1, -0.05) is 13.3 Å². The Kier molecular flexibility index (Phi) is 7.71. The zero-order chi connectivity index (χ0) is 21.7. The third-order valence-corrected chi connectivity index (χ3v) is 6.34. The molecule has 3 N–H and O–H groups in total. The fourth-order valence-corrected chi connectivity index (χ4v) is 4.67. The number of rotatable bonds is 9. The standard InChI is InChI=1S/C21H36N6O3/c1-3-5-13-27-19(22)18(20(29)23-21(27)30)26(4-2)17(28)15-25-12-8-9-16(25)14-24-10-6-7-11-24/h16H,3-15,22H2,1-2H3,(H,23,29,30). The predicted molar refractivity (Wildman–Crippen MR) is 119 cm³/mol. The molecule has 9 heteroatoms. The summed E-state index contributed by atoms with van der Waals surface area (Å²) in [7, 11) is 0. The van der Waals surface area contributed by atoms with Gasteiger partial charge in [-0.3, -0.25) is 24.0 Å². The molecule has 1 aromatic heterocycles. The van der Waals surface area contributed by atoms with Crippen LogP contribution in [0.5, 0.6) is 0 Å². The van der Waals surface area contributed by atoms with Crippen molar-refractivity contribution in [2.45, 2.75) is 65.0 Å². The summed E-state index contributed by atoms with van der Waals surface area (Å²) < 4.78 is 1.36. The van der Waals surface area contributed by atoms with Gasteiger partial charge >= 0.3 is 5.69 Å². The van der Waals surface area contributed by atoms with Gasteiger partial charge < -0.3 is 15.5 Å². The van der Waals surface area contributed by atoms with E-state index < -0.39 is 11.2 Å². The molecule has 0 radical (unpaired) electrons. The molecule has 0 aliphatic carbocycles. The van der Waals surface area contributed by atoms with E-state index in [0.29, 0.717) is 19.1 Å². The molecule has 3 rings (SSSR count). The van der Waals surface area contributed by atoms with Crippen LogP contribution >= 0.6 is 0 Å². The maximum Gasteiger partial charge on any atom is 0.330 e.